The second-order valence-electron chi connectivity index (χ2n) is 13.1. The maximum atomic E-state index is 13.4. The summed E-state index contributed by atoms with van der Waals surface area (Å²) in [6, 6.07) is 3.27. The van der Waals surface area contributed by atoms with Gasteiger partial charge in [-0.3, -0.25) is 19.1 Å². The van der Waals surface area contributed by atoms with Gasteiger partial charge in [-0.2, -0.15) is 13.2 Å². The minimum atomic E-state index is -4.57. The standard InChI is InChI=1S/C31H38F3N5O4S/c1-17(31(32,33)34)36-24(40)20-13-19(14-21(15-20)30(4)10-11-30)23-22(12-18-8-6-5-7-9-18)37-26(44-23)25(41)35-16-29(2,3)27-38-28(42)43-39-27/h13-15,17-18H,5-12,16H2,1-4H3,(H,35,41)(H,36,40)(H,38,39,42)/t17-/m0/s1. The number of thiazole rings is 1. The van der Waals surface area contributed by atoms with Gasteiger partial charge in [0, 0.05) is 17.5 Å². The number of hydrogen-bond donors (Lipinski definition) is 3. The molecule has 3 N–H and O–H groups in total. The highest BCUT2D eigenvalue weighted by Gasteiger charge is 2.41. The van der Waals surface area contributed by atoms with Crippen molar-refractivity contribution in [1.82, 2.24) is 25.8 Å². The summed E-state index contributed by atoms with van der Waals surface area (Å²) in [6.07, 6.45) is 3.49. The van der Waals surface area contributed by atoms with Gasteiger partial charge in [0.15, 0.2) is 10.8 Å². The summed E-state index contributed by atoms with van der Waals surface area (Å²) in [5.41, 5.74) is 1.56. The zero-order valence-corrected chi connectivity index (χ0v) is 26.1. The molecule has 2 aromatic heterocycles. The number of halogens is 3. The zero-order chi connectivity index (χ0) is 31.9. The summed E-state index contributed by atoms with van der Waals surface area (Å²) in [5, 5.41) is 8.97. The Morgan fingerprint density at radius 1 is 1.14 bits per heavy atom. The highest BCUT2D eigenvalue weighted by Crippen LogP contribution is 2.49. The molecule has 0 aliphatic heterocycles. The Morgan fingerprint density at radius 3 is 2.45 bits per heavy atom. The van der Waals surface area contributed by atoms with Crippen LogP contribution in [0.1, 0.15) is 110 Å². The van der Waals surface area contributed by atoms with Crippen molar-refractivity contribution in [3.05, 3.63) is 56.4 Å². The maximum Gasteiger partial charge on any atom is 0.438 e. The summed E-state index contributed by atoms with van der Waals surface area (Å²) in [6.45, 7) is 6.75. The number of aromatic nitrogens is 3. The number of hydrogen-bond acceptors (Lipinski definition) is 7. The fourth-order valence-electron chi connectivity index (χ4n) is 5.54. The SMILES string of the molecule is C[C@H](NC(=O)c1cc(-c2sc(C(=O)NCC(C)(C)c3noc(=O)[nH]3)nc2CC2CCCCC2)cc(C2(C)CC2)c1)C(F)(F)F. The maximum absolute atomic E-state index is 13.4. The zero-order valence-electron chi connectivity index (χ0n) is 25.3. The second kappa shape index (κ2) is 12.1. The Morgan fingerprint density at radius 2 is 1.84 bits per heavy atom. The van der Waals surface area contributed by atoms with Crippen LogP contribution in [0.15, 0.2) is 27.5 Å². The smallest absolute Gasteiger partial charge is 0.349 e. The van der Waals surface area contributed by atoms with Crippen molar-refractivity contribution in [2.45, 2.75) is 102 Å². The average Bonchev–Trinajstić information content (AvgIpc) is 3.35. The lowest BCUT2D eigenvalue weighted by molar-refractivity contribution is -0.149. The molecule has 0 bridgehead atoms. The lowest BCUT2D eigenvalue weighted by Gasteiger charge is -2.21. The van der Waals surface area contributed by atoms with Gasteiger partial charge in [0.05, 0.1) is 10.6 Å². The summed E-state index contributed by atoms with van der Waals surface area (Å²) >= 11 is 1.21. The van der Waals surface area contributed by atoms with E-state index in [0.29, 0.717) is 23.7 Å². The van der Waals surface area contributed by atoms with E-state index >= 15 is 0 Å². The molecule has 2 amide bonds. The quantitative estimate of drug-likeness (QED) is 0.249. The number of nitrogens with zero attached hydrogens (tertiary/aromatic N) is 2. The number of carbonyl (C=O) groups excluding carboxylic acids is 2. The van der Waals surface area contributed by atoms with E-state index < -0.39 is 35.2 Å². The van der Waals surface area contributed by atoms with Crippen molar-refractivity contribution in [2.24, 2.45) is 5.92 Å². The Balaban J connectivity index is 1.48. The predicted octanol–water partition coefficient (Wildman–Crippen LogP) is 6.05. The highest BCUT2D eigenvalue weighted by atomic mass is 32.1. The van der Waals surface area contributed by atoms with Crippen LogP contribution in [0.5, 0.6) is 0 Å². The summed E-state index contributed by atoms with van der Waals surface area (Å²) in [5.74, 6) is -1.17. The molecular weight excluding hydrogens is 595 g/mol. The monoisotopic (exact) mass is 633 g/mol. The van der Waals surface area contributed by atoms with Gasteiger partial charge in [0.25, 0.3) is 11.8 Å². The van der Waals surface area contributed by atoms with Crippen molar-refractivity contribution in [3.8, 4) is 10.4 Å². The lowest BCUT2D eigenvalue weighted by atomic mass is 9.85. The molecule has 3 aromatic rings. The third-order valence-corrected chi connectivity index (χ3v) is 10.0. The molecule has 2 aliphatic rings. The molecule has 0 unspecified atom stereocenters. The number of carbonyl (C=O) groups is 2. The molecule has 0 spiro atoms. The van der Waals surface area contributed by atoms with E-state index in [0.717, 1.165) is 61.6 Å². The van der Waals surface area contributed by atoms with Crippen LogP contribution in [-0.2, 0) is 17.3 Å². The van der Waals surface area contributed by atoms with E-state index in [1.807, 2.05) is 6.07 Å². The van der Waals surface area contributed by atoms with Crippen LogP contribution in [0.3, 0.4) is 0 Å². The predicted molar refractivity (Wildman–Crippen MR) is 160 cm³/mol. The minimum absolute atomic E-state index is 0.146. The molecule has 9 nitrogen and oxygen atoms in total. The van der Waals surface area contributed by atoms with Crippen LogP contribution in [0, 0.1) is 5.92 Å². The molecular formula is C31H38F3N5O4S. The third kappa shape index (κ3) is 7.24. The van der Waals surface area contributed by atoms with Crippen molar-refractivity contribution in [3.63, 3.8) is 0 Å². The van der Waals surface area contributed by atoms with Crippen molar-refractivity contribution >= 4 is 23.2 Å². The van der Waals surface area contributed by atoms with Gasteiger partial charge in [0.1, 0.15) is 6.04 Å². The first-order valence-corrected chi connectivity index (χ1v) is 15.8. The minimum Gasteiger partial charge on any atom is -0.349 e. The van der Waals surface area contributed by atoms with Gasteiger partial charge in [-0.15, -0.1) is 11.3 Å². The first-order chi connectivity index (χ1) is 20.6. The van der Waals surface area contributed by atoms with Crippen LogP contribution in [0.2, 0.25) is 0 Å². The van der Waals surface area contributed by atoms with Crippen LogP contribution >= 0.6 is 11.3 Å². The van der Waals surface area contributed by atoms with Crippen LogP contribution in [0.25, 0.3) is 10.4 Å². The first kappa shape index (κ1) is 31.9. The van der Waals surface area contributed by atoms with Crippen LogP contribution in [0.4, 0.5) is 13.2 Å². The molecule has 2 saturated carbocycles. The number of alkyl halides is 3. The molecule has 2 heterocycles. The molecule has 0 saturated heterocycles. The van der Waals surface area contributed by atoms with Gasteiger partial charge < -0.3 is 10.6 Å². The first-order valence-electron chi connectivity index (χ1n) is 15.0. The Hall–Kier alpha value is -3.48. The van der Waals surface area contributed by atoms with Gasteiger partial charge in [-0.25, -0.2) is 9.78 Å². The molecule has 0 radical (unpaired) electrons. The molecule has 13 heteroatoms. The van der Waals surface area contributed by atoms with Gasteiger partial charge in [0.2, 0.25) is 0 Å². The molecule has 2 fully saturated rings. The summed E-state index contributed by atoms with van der Waals surface area (Å²) in [4.78, 5) is 46.0. The summed E-state index contributed by atoms with van der Waals surface area (Å²) in [7, 11) is 0. The number of aromatic amines is 1. The van der Waals surface area contributed by atoms with Gasteiger partial charge >= 0.3 is 11.9 Å². The van der Waals surface area contributed by atoms with E-state index in [9.17, 15) is 27.6 Å². The normalized spacial score (nSPS) is 17.7. The summed E-state index contributed by atoms with van der Waals surface area (Å²) < 4.78 is 44.4. The number of benzene rings is 1. The third-order valence-electron chi connectivity index (χ3n) is 8.86. The van der Waals surface area contributed by atoms with E-state index in [-0.39, 0.29) is 22.5 Å². The van der Waals surface area contributed by atoms with Gasteiger partial charge in [-0.1, -0.05) is 58.0 Å². The van der Waals surface area contributed by atoms with Gasteiger partial charge in [-0.05, 0) is 66.8 Å². The van der Waals surface area contributed by atoms with E-state index in [4.69, 9.17) is 4.98 Å². The average molecular weight is 634 g/mol. The second-order valence-corrected chi connectivity index (χ2v) is 14.1. The molecule has 5 rings (SSSR count). The van der Waals surface area contributed by atoms with E-state index in [1.165, 1.54) is 17.8 Å². The lowest BCUT2D eigenvalue weighted by Crippen LogP contribution is -2.43. The molecule has 2 aliphatic carbocycles. The fraction of sp³-hybridized carbons (Fsp3) is 0.581. The highest BCUT2D eigenvalue weighted by molar-refractivity contribution is 7.17. The van der Waals surface area contributed by atoms with Crippen LogP contribution < -0.4 is 16.4 Å². The number of amides is 2. The molecule has 44 heavy (non-hydrogen) atoms. The Labute approximate surface area is 257 Å². The number of nitrogens with one attached hydrogen (secondary N) is 3. The topological polar surface area (TPSA) is 130 Å². The molecule has 1 aromatic carbocycles. The van der Waals surface area contributed by atoms with Crippen LogP contribution in [-0.4, -0.2) is 45.7 Å². The van der Waals surface area contributed by atoms with Crippen molar-refractivity contribution in [1.29, 1.82) is 0 Å². The van der Waals surface area contributed by atoms with E-state index in [2.05, 4.69) is 32.2 Å². The molecule has 1 atom stereocenters. The molecule has 238 valence electrons. The number of rotatable bonds is 10. The number of H-pyrrole nitrogens is 1. The van der Waals surface area contributed by atoms with Crippen molar-refractivity contribution in [2.75, 3.05) is 6.54 Å². The largest absolute Gasteiger partial charge is 0.438 e. The Bertz CT molecular complexity index is 1580. The van der Waals surface area contributed by atoms with E-state index in [1.54, 1.807) is 26.0 Å². The Kier molecular flexibility index (Phi) is 8.80. The van der Waals surface area contributed by atoms with Crippen molar-refractivity contribution < 1.29 is 27.3 Å². The fourth-order valence-corrected chi connectivity index (χ4v) is 6.53.